The van der Waals surface area contributed by atoms with E-state index in [0.717, 1.165) is 28.8 Å². The fourth-order valence-corrected chi connectivity index (χ4v) is 6.77. The Morgan fingerprint density at radius 1 is 0.857 bits per heavy atom. The lowest BCUT2D eigenvalue weighted by molar-refractivity contribution is -0.140. The molecule has 0 heterocycles. The zero-order chi connectivity index (χ0) is 35.9. The SMILES string of the molecule is CCC(C)NC(=O)C(Cc1ccccc1)N(Cc1ccc(C)cc1)C(=O)CN(c1ccc(Cl)c(C(F)(F)F)c1)S(=O)(=O)c1ccc(C)cc1. The predicted molar refractivity (Wildman–Crippen MR) is 186 cm³/mol. The number of rotatable bonds is 13. The number of nitrogens with zero attached hydrogens (tertiary/aromatic N) is 2. The molecule has 4 aromatic rings. The number of anilines is 1. The summed E-state index contributed by atoms with van der Waals surface area (Å²) in [4.78, 5) is 29.6. The molecule has 0 radical (unpaired) electrons. The molecule has 2 atom stereocenters. The van der Waals surface area contributed by atoms with Crippen molar-refractivity contribution in [3.8, 4) is 0 Å². The summed E-state index contributed by atoms with van der Waals surface area (Å²) in [6.45, 7) is 6.42. The Balaban J connectivity index is 1.87. The number of amides is 2. The lowest BCUT2D eigenvalue weighted by Crippen LogP contribution is -2.54. The summed E-state index contributed by atoms with van der Waals surface area (Å²) in [6.07, 6.45) is -4.18. The van der Waals surface area contributed by atoms with Crippen LogP contribution in [0.5, 0.6) is 0 Å². The second-order valence-electron chi connectivity index (χ2n) is 12.0. The lowest BCUT2D eigenvalue weighted by atomic mass is 10.0. The van der Waals surface area contributed by atoms with Crippen molar-refractivity contribution in [3.63, 3.8) is 0 Å². The van der Waals surface area contributed by atoms with Crippen LogP contribution in [0.1, 0.15) is 48.1 Å². The normalized spacial score (nSPS) is 13.0. The van der Waals surface area contributed by atoms with Gasteiger partial charge in [-0.1, -0.05) is 96.4 Å². The molecular formula is C37H39ClF3N3O4S. The molecule has 0 saturated heterocycles. The first-order valence-electron chi connectivity index (χ1n) is 15.8. The van der Waals surface area contributed by atoms with Gasteiger partial charge in [-0.2, -0.15) is 13.2 Å². The molecule has 0 aliphatic rings. The molecule has 7 nitrogen and oxygen atoms in total. The van der Waals surface area contributed by atoms with Gasteiger partial charge in [0, 0.05) is 19.0 Å². The molecule has 260 valence electrons. The van der Waals surface area contributed by atoms with E-state index in [1.165, 1.54) is 17.0 Å². The highest BCUT2D eigenvalue weighted by atomic mass is 35.5. The van der Waals surface area contributed by atoms with Crippen LogP contribution in [0, 0.1) is 13.8 Å². The number of benzene rings is 4. The summed E-state index contributed by atoms with van der Waals surface area (Å²) in [6, 6.07) is 23.5. The molecule has 49 heavy (non-hydrogen) atoms. The molecule has 0 spiro atoms. The Labute approximate surface area is 290 Å². The minimum absolute atomic E-state index is 0.0720. The van der Waals surface area contributed by atoms with Crippen LogP contribution >= 0.6 is 11.6 Å². The van der Waals surface area contributed by atoms with Crippen LogP contribution in [0.3, 0.4) is 0 Å². The van der Waals surface area contributed by atoms with Crippen LogP contribution < -0.4 is 9.62 Å². The highest BCUT2D eigenvalue weighted by Crippen LogP contribution is 2.38. The van der Waals surface area contributed by atoms with E-state index in [-0.39, 0.29) is 23.9 Å². The number of alkyl halides is 3. The molecule has 2 unspecified atom stereocenters. The Morgan fingerprint density at radius 3 is 2.02 bits per heavy atom. The first kappa shape index (κ1) is 37.5. The highest BCUT2D eigenvalue weighted by Gasteiger charge is 2.38. The van der Waals surface area contributed by atoms with Gasteiger partial charge in [-0.15, -0.1) is 0 Å². The maximum absolute atomic E-state index is 14.6. The van der Waals surface area contributed by atoms with E-state index in [4.69, 9.17) is 11.6 Å². The minimum Gasteiger partial charge on any atom is -0.352 e. The average Bonchev–Trinajstić information content (AvgIpc) is 3.06. The third-order valence-electron chi connectivity index (χ3n) is 8.18. The maximum atomic E-state index is 14.6. The van der Waals surface area contributed by atoms with E-state index in [2.05, 4.69) is 5.32 Å². The van der Waals surface area contributed by atoms with Crippen molar-refractivity contribution in [2.24, 2.45) is 0 Å². The Kier molecular flexibility index (Phi) is 12.2. The minimum atomic E-state index is -4.90. The van der Waals surface area contributed by atoms with Gasteiger partial charge in [0.1, 0.15) is 12.6 Å². The number of hydrogen-bond acceptors (Lipinski definition) is 4. The number of aryl methyl sites for hydroxylation is 2. The van der Waals surface area contributed by atoms with E-state index >= 15 is 0 Å². The molecule has 0 aliphatic carbocycles. The van der Waals surface area contributed by atoms with Crippen molar-refractivity contribution in [3.05, 3.63) is 130 Å². The maximum Gasteiger partial charge on any atom is 0.417 e. The second kappa shape index (κ2) is 15.9. The molecule has 0 fully saturated rings. The summed E-state index contributed by atoms with van der Waals surface area (Å²) in [5.74, 6) is -1.24. The van der Waals surface area contributed by atoms with Crippen molar-refractivity contribution < 1.29 is 31.2 Å². The summed E-state index contributed by atoms with van der Waals surface area (Å²) >= 11 is 5.89. The van der Waals surface area contributed by atoms with Crippen LogP contribution in [-0.4, -0.2) is 43.8 Å². The van der Waals surface area contributed by atoms with Gasteiger partial charge in [-0.05, 0) is 68.7 Å². The second-order valence-corrected chi connectivity index (χ2v) is 14.3. The van der Waals surface area contributed by atoms with Gasteiger partial charge in [0.05, 0.1) is 21.2 Å². The molecule has 0 aliphatic heterocycles. The number of sulfonamides is 1. The average molecular weight is 714 g/mol. The molecule has 12 heteroatoms. The summed E-state index contributed by atoms with van der Waals surface area (Å²) in [5.41, 5.74) is 1.49. The fraction of sp³-hybridized carbons (Fsp3) is 0.297. The van der Waals surface area contributed by atoms with Gasteiger partial charge in [0.15, 0.2) is 0 Å². The van der Waals surface area contributed by atoms with Crippen molar-refractivity contribution in [1.29, 1.82) is 0 Å². The van der Waals surface area contributed by atoms with E-state index in [9.17, 15) is 31.2 Å². The van der Waals surface area contributed by atoms with Gasteiger partial charge < -0.3 is 10.2 Å². The van der Waals surface area contributed by atoms with E-state index in [1.807, 2.05) is 51.1 Å². The zero-order valence-electron chi connectivity index (χ0n) is 27.7. The van der Waals surface area contributed by atoms with E-state index in [0.29, 0.717) is 22.4 Å². The number of hydrogen-bond donors (Lipinski definition) is 1. The Bertz CT molecular complexity index is 1850. The van der Waals surface area contributed by atoms with Crippen molar-refractivity contribution >= 4 is 39.1 Å². The fourth-order valence-electron chi connectivity index (χ4n) is 5.14. The molecule has 4 aromatic carbocycles. The quantitative estimate of drug-likeness (QED) is 0.154. The molecule has 2 amide bonds. The van der Waals surface area contributed by atoms with Crippen LogP contribution in [0.15, 0.2) is 102 Å². The third-order valence-corrected chi connectivity index (χ3v) is 10.3. The molecular weight excluding hydrogens is 675 g/mol. The molecule has 4 rings (SSSR count). The standard InChI is InChI=1S/C37H39ClF3N3O4S/c1-5-27(4)42-36(46)34(21-28-9-7-6-8-10-28)43(23-29-15-11-25(2)12-16-29)35(45)24-44(49(47,48)31-18-13-26(3)14-19-31)30-17-20-33(38)32(22-30)37(39,40)41/h6-20,22,27,34H,5,21,23-24H2,1-4H3,(H,42,46). The van der Waals surface area contributed by atoms with Crippen LogP contribution in [0.4, 0.5) is 18.9 Å². The number of nitrogens with one attached hydrogen (secondary N) is 1. The van der Waals surface area contributed by atoms with Gasteiger partial charge in [-0.25, -0.2) is 8.42 Å². The largest absolute Gasteiger partial charge is 0.417 e. The van der Waals surface area contributed by atoms with Gasteiger partial charge >= 0.3 is 6.18 Å². The third kappa shape index (κ3) is 9.64. The predicted octanol–water partition coefficient (Wildman–Crippen LogP) is 7.73. The molecule has 0 bridgehead atoms. The lowest BCUT2D eigenvalue weighted by Gasteiger charge is -2.34. The smallest absolute Gasteiger partial charge is 0.352 e. The van der Waals surface area contributed by atoms with Gasteiger partial charge in [-0.3, -0.25) is 13.9 Å². The monoisotopic (exact) mass is 713 g/mol. The molecule has 0 aromatic heterocycles. The summed E-state index contributed by atoms with van der Waals surface area (Å²) < 4.78 is 70.9. The van der Waals surface area contributed by atoms with Gasteiger partial charge in [0.25, 0.3) is 10.0 Å². The Hall–Kier alpha value is -4.35. The first-order valence-corrected chi connectivity index (χ1v) is 17.6. The van der Waals surface area contributed by atoms with Crippen molar-refractivity contribution in [1.82, 2.24) is 10.2 Å². The zero-order valence-corrected chi connectivity index (χ0v) is 29.2. The van der Waals surface area contributed by atoms with Crippen molar-refractivity contribution in [2.75, 3.05) is 10.8 Å². The highest BCUT2D eigenvalue weighted by molar-refractivity contribution is 7.92. The number of halogens is 4. The van der Waals surface area contributed by atoms with Crippen LogP contribution in [0.25, 0.3) is 0 Å². The van der Waals surface area contributed by atoms with Crippen LogP contribution in [0.2, 0.25) is 5.02 Å². The Morgan fingerprint density at radius 2 is 1.45 bits per heavy atom. The van der Waals surface area contributed by atoms with Gasteiger partial charge in [0.2, 0.25) is 11.8 Å². The topological polar surface area (TPSA) is 86.8 Å². The first-order chi connectivity index (χ1) is 23.1. The van der Waals surface area contributed by atoms with E-state index in [1.54, 1.807) is 43.3 Å². The number of carbonyl (C=O) groups is 2. The summed E-state index contributed by atoms with van der Waals surface area (Å²) in [7, 11) is -4.61. The van der Waals surface area contributed by atoms with Crippen molar-refractivity contribution in [2.45, 2.75) is 70.2 Å². The summed E-state index contributed by atoms with van der Waals surface area (Å²) in [5, 5.41) is 2.33. The number of carbonyl (C=O) groups excluding carboxylic acids is 2. The van der Waals surface area contributed by atoms with Crippen LogP contribution in [-0.2, 0) is 38.8 Å². The molecule has 1 N–H and O–H groups in total. The molecule has 0 saturated carbocycles. The van der Waals surface area contributed by atoms with E-state index < -0.39 is 56.9 Å².